The van der Waals surface area contributed by atoms with Crippen molar-refractivity contribution in [2.45, 2.75) is 51.2 Å². The van der Waals surface area contributed by atoms with Crippen molar-refractivity contribution in [3.63, 3.8) is 0 Å². The average molecular weight is 293 g/mol. The predicted octanol–water partition coefficient (Wildman–Crippen LogP) is 3.39. The van der Waals surface area contributed by atoms with E-state index >= 15 is 0 Å². The van der Waals surface area contributed by atoms with E-state index in [2.05, 4.69) is 12.2 Å². The molecular weight excluding hydrogens is 266 g/mol. The third kappa shape index (κ3) is 4.53. The van der Waals surface area contributed by atoms with Gasteiger partial charge >= 0.3 is 0 Å². The highest BCUT2D eigenvalue weighted by Crippen LogP contribution is 2.30. The van der Waals surface area contributed by atoms with Gasteiger partial charge in [-0.2, -0.15) is 0 Å². The highest BCUT2D eigenvalue weighted by molar-refractivity contribution is 5.42. The lowest BCUT2D eigenvalue weighted by Gasteiger charge is -2.27. The Labute approximate surface area is 127 Å². The molecule has 118 valence electrons. The molecule has 1 aromatic rings. The minimum absolute atomic E-state index is 0.212. The predicted molar refractivity (Wildman–Crippen MR) is 84.5 cm³/mol. The van der Waals surface area contributed by atoms with Gasteiger partial charge in [-0.15, -0.1) is 0 Å². The Morgan fingerprint density at radius 3 is 2.19 bits per heavy atom. The molecule has 0 radical (unpaired) electrons. The van der Waals surface area contributed by atoms with E-state index in [1.165, 1.54) is 25.7 Å². The maximum Gasteiger partial charge on any atom is 0.127 e. The van der Waals surface area contributed by atoms with Crippen molar-refractivity contribution in [2.24, 2.45) is 0 Å². The van der Waals surface area contributed by atoms with Gasteiger partial charge in [-0.05, 0) is 25.8 Å². The molecule has 21 heavy (non-hydrogen) atoms. The maximum atomic E-state index is 6.26. The molecule has 1 N–H and O–H groups in total. The van der Waals surface area contributed by atoms with E-state index in [0.717, 1.165) is 30.2 Å². The molecule has 0 saturated heterocycles. The zero-order chi connectivity index (χ0) is 15.1. The third-order valence-corrected chi connectivity index (χ3v) is 4.03. The molecule has 4 heteroatoms. The molecule has 2 rings (SSSR count). The molecule has 1 fully saturated rings. The Hall–Kier alpha value is -1.42. The van der Waals surface area contributed by atoms with Gasteiger partial charge in [-0.25, -0.2) is 0 Å². The van der Waals surface area contributed by atoms with E-state index in [9.17, 15) is 0 Å². The van der Waals surface area contributed by atoms with Gasteiger partial charge in [0.15, 0.2) is 0 Å². The molecule has 2 unspecified atom stereocenters. The maximum absolute atomic E-state index is 6.26. The highest BCUT2D eigenvalue weighted by atomic mass is 16.5. The number of likely N-dealkylation sites (N-methyl/N-ethyl adjacent to an activating group) is 1. The van der Waals surface area contributed by atoms with Gasteiger partial charge in [0.1, 0.15) is 23.4 Å². The first-order valence-electron chi connectivity index (χ1n) is 7.90. The second-order valence-corrected chi connectivity index (χ2v) is 5.51. The molecule has 1 aromatic carbocycles. The number of benzene rings is 1. The van der Waals surface area contributed by atoms with E-state index in [4.69, 9.17) is 14.2 Å². The Balaban J connectivity index is 2.13. The van der Waals surface area contributed by atoms with E-state index in [0.29, 0.717) is 6.04 Å². The summed E-state index contributed by atoms with van der Waals surface area (Å²) in [6.07, 6.45) is 6.29. The fraction of sp³-hybridized carbons (Fsp3) is 0.647. The van der Waals surface area contributed by atoms with Crippen LogP contribution in [0.25, 0.3) is 0 Å². The van der Waals surface area contributed by atoms with Gasteiger partial charge in [0.25, 0.3) is 0 Å². The number of ether oxygens (including phenoxy) is 3. The first-order chi connectivity index (χ1) is 10.3. The van der Waals surface area contributed by atoms with Crippen molar-refractivity contribution in [1.29, 1.82) is 0 Å². The second-order valence-electron chi connectivity index (χ2n) is 5.51. The quantitative estimate of drug-likeness (QED) is 0.816. The second kappa shape index (κ2) is 8.13. The highest BCUT2D eigenvalue weighted by Gasteiger charge is 2.24. The number of methoxy groups -OCH3 is 2. The molecule has 1 aliphatic carbocycles. The lowest BCUT2D eigenvalue weighted by molar-refractivity contribution is 0.145. The minimum atomic E-state index is 0.212. The van der Waals surface area contributed by atoms with Crippen LogP contribution in [0.3, 0.4) is 0 Å². The average Bonchev–Trinajstić information content (AvgIpc) is 2.73. The Kier molecular flexibility index (Phi) is 6.18. The van der Waals surface area contributed by atoms with Crippen LogP contribution in [0.1, 0.15) is 39.0 Å². The van der Waals surface area contributed by atoms with E-state index in [1.54, 1.807) is 14.2 Å². The number of hydrogen-bond acceptors (Lipinski definition) is 4. The molecule has 1 aliphatic rings. The number of rotatable bonds is 6. The zero-order valence-electron chi connectivity index (χ0n) is 13.4. The van der Waals surface area contributed by atoms with Crippen LogP contribution in [0.2, 0.25) is 0 Å². The van der Waals surface area contributed by atoms with Crippen molar-refractivity contribution in [3.8, 4) is 17.2 Å². The molecule has 0 spiro atoms. The van der Waals surface area contributed by atoms with Crippen molar-refractivity contribution in [2.75, 3.05) is 20.8 Å². The third-order valence-electron chi connectivity index (χ3n) is 4.03. The molecule has 0 aliphatic heterocycles. The summed E-state index contributed by atoms with van der Waals surface area (Å²) in [6, 6.07) is 6.14. The molecule has 2 atom stereocenters. The molecule has 0 amide bonds. The summed E-state index contributed by atoms with van der Waals surface area (Å²) in [7, 11) is 3.32. The van der Waals surface area contributed by atoms with Crippen molar-refractivity contribution >= 4 is 0 Å². The van der Waals surface area contributed by atoms with Gasteiger partial charge < -0.3 is 19.5 Å². The number of hydrogen-bond donors (Lipinski definition) is 1. The zero-order valence-corrected chi connectivity index (χ0v) is 13.4. The summed E-state index contributed by atoms with van der Waals surface area (Å²) >= 11 is 0. The minimum Gasteiger partial charge on any atom is -0.496 e. The van der Waals surface area contributed by atoms with Crippen LogP contribution in [0.5, 0.6) is 17.2 Å². The molecule has 0 aromatic heterocycles. The molecule has 0 heterocycles. The van der Waals surface area contributed by atoms with E-state index in [-0.39, 0.29) is 6.10 Å². The summed E-state index contributed by atoms with van der Waals surface area (Å²) in [5.41, 5.74) is 0. The van der Waals surface area contributed by atoms with Crippen molar-refractivity contribution in [1.82, 2.24) is 5.32 Å². The Morgan fingerprint density at radius 1 is 0.952 bits per heavy atom. The fourth-order valence-electron chi connectivity index (χ4n) is 2.93. The summed E-state index contributed by atoms with van der Waals surface area (Å²) in [5.74, 6) is 2.34. The van der Waals surface area contributed by atoms with Gasteiger partial charge in [-0.3, -0.25) is 0 Å². The summed E-state index contributed by atoms with van der Waals surface area (Å²) in [5, 5.41) is 3.56. The van der Waals surface area contributed by atoms with Gasteiger partial charge in [0, 0.05) is 24.2 Å². The van der Waals surface area contributed by atoms with Gasteiger partial charge in [0.2, 0.25) is 0 Å². The molecule has 0 bridgehead atoms. The first-order valence-corrected chi connectivity index (χ1v) is 7.90. The lowest BCUT2D eigenvalue weighted by Crippen LogP contribution is -2.42. The molecule has 4 nitrogen and oxygen atoms in total. The summed E-state index contributed by atoms with van der Waals surface area (Å²) in [6.45, 7) is 3.13. The van der Waals surface area contributed by atoms with E-state index < -0.39 is 0 Å². The van der Waals surface area contributed by atoms with Crippen molar-refractivity contribution in [3.05, 3.63) is 18.2 Å². The normalized spacial score (nSPS) is 22.4. The van der Waals surface area contributed by atoms with Crippen LogP contribution in [0.15, 0.2) is 18.2 Å². The topological polar surface area (TPSA) is 39.7 Å². The van der Waals surface area contributed by atoms with E-state index in [1.807, 2.05) is 18.2 Å². The van der Waals surface area contributed by atoms with Crippen LogP contribution >= 0.6 is 0 Å². The monoisotopic (exact) mass is 293 g/mol. The summed E-state index contributed by atoms with van der Waals surface area (Å²) < 4.78 is 16.9. The first kappa shape index (κ1) is 16.0. The molecule has 1 saturated carbocycles. The molecular formula is C17H27NO3. The van der Waals surface area contributed by atoms with Gasteiger partial charge in [-0.1, -0.05) is 19.8 Å². The van der Waals surface area contributed by atoms with Gasteiger partial charge in [0.05, 0.1) is 14.2 Å². The smallest absolute Gasteiger partial charge is 0.127 e. The lowest BCUT2D eigenvalue weighted by atomic mass is 10.1. The number of nitrogens with one attached hydrogen (secondary N) is 1. The standard InChI is InChI=1S/C17H27NO3/c1-4-18-16-8-6-5-7-9-17(16)21-15-11-13(19-2)10-14(12-15)20-3/h10-12,16-18H,4-9H2,1-3H3. The van der Waals surface area contributed by atoms with Crippen LogP contribution in [-0.2, 0) is 0 Å². The fourth-order valence-corrected chi connectivity index (χ4v) is 2.93. The van der Waals surface area contributed by atoms with Crippen LogP contribution < -0.4 is 19.5 Å². The van der Waals surface area contributed by atoms with Crippen LogP contribution in [-0.4, -0.2) is 32.9 Å². The van der Waals surface area contributed by atoms with Crippen LogP contribution in [0, 0.1) is 0 Å². The SMILES string of the molecule is CCNC1CCCCCC1Oc1cc(OC)cc(OC)c1. The largest absolute Gasteiger partial charge is 0.496 e. The summed E-state index contributed by atoms with van der Waals surface area (Å²) in [4.78, 5) is 0. The Morgan fingerprint density at radius 2 is 1.57 bits per heavy atom. The van der Waals surface area contributed by atoms with Crippen LogP contribution in [0.4, 0.5) is 0 Å². The Bertz CT molecular complexity index is 414. The van der Waals surface area contributed by atoms with Crippen molar-refractivity contribution < 1.29 is 14.2 Å².